The minimum absolute atomic E-state index is 0.103. The molecule has 2 amide bonds. The van der Waals surface area contributed by atoms with Gasteiger partial charge in [-0.3, -0.25) is 9.59 Å². The Morgan fingerprint density at radius 1 is 1.21 bits per heavy atom. The van der Waals surface area contributed by atoms with Crippen molar-refractivity contribution in [3.8, 4) is 0 Å². The van der Waals surface area contributed by atoms with Gasteiger partial charge in [0.2, 0.25) is 11.8 Å². The van der Waals surface area contributed by atoms with Crippen molar-refractivity contribution in [3.63, 3.8) is 0 Å². The second kappa shape index (κ2) is 7.35. The van der Waals surface area contributed by atoms with E-state index in [2.05, 4.69) is 0 Å². The van der Waals surface area contributed by atoms with E-state index in [1.165, 1.54) is 0 Å². The topological polar surface area (TPSA) is 63.4 Å². The molecule has 0 aliphatic rings. The Labute approximate surface area is 85.4 Å². The predicted molar refractivity (Wildman–Crippen MR) is 55.6 cm³/mol. The van der Waals surface area contributed by atoms with E-state index in [1.54, 1.807) is 11.8 Å². The monoisotopic (exact) mass is 200 g/mol. The van der Waals surface area contributed by atoms with E-state index in [1.807, 2.05) is 6.92 Å². The smallest absolute Gasteiger partial charge is 0.219 e. The molecule has 0 aliphatic heterocycles. The zero-order chi connectivity index (χ0) is 11.0. The van der Waals surface area contributed by atoms with E-state index in [0.29, 0.717) is 6.42 Å². The lowest BCUT2D eigenvalue weighted by Crippen LogP contribution is -2.30. The Morgan fingerprint density at radius 3 is 2.29 bits per heavy atom. The summed E-state index contributed by atoms with van der Waals surface area (Å²) in [4.78, 5) is 23.3. The zero-order valence-corrected chi connectivity index (χ0v) is 9.08. The first-order valence-corrected chi connectivity index (χ1v) is 5.11. The molecular weight excluding hydrogens is 180 g/mol. The largest absolute Gasteiger partial charge is 0.370 e. The van der Waals surface area contributed by atoms with E-state index in [-0.39, 0.29) is 11.8 Å². The van der Waals surface area contributed by atoms with Gasteiger partial charge in [-0.15, -0.1) is 0 Å². The number of hydrogen-bond donors (Lipinski definition) is 1. The third-order valence-corrected chi connectivity index (χ3v) is 2.04. The highest BCUT2D eigenvalue weighted by Gasteiger charge is 2.06. The minimum Gasteiger partial charge on any atom is -0.370 e. The summed E-state index contributed by atoms with van der Waals surface area (Å²) < 4.78 is 0. The van der Waals surface area contributed by atoms with Crippen LogP contribution in [-0.2, 0) is 9.59 Å². The number of carbonyl (C=O) groups is 2. The van der Waals surface area contributed by atoms with Crippen molar-refractivity contribution in [3.05, 3.63) is 0 Å². The molecule has 0 saturated heterocycles. The molecule has 0 rings (SSSR count). The summed E-state index contributed by atoms with van der Waals surface area (Å²) in [5.41, 5.74) is 5.01. The molecule has 0 aliphatic carbocycles. The van der Waals surface area contributed by atoms with Gasteiger partial charge in [-0.05, 0) is 19.3 Å². The van der Waals surface area contributed by atoms with Gasteiger partial charge in [-0.1, -0.05) is 6.92 Å². The van der Waals surface area contributed by atoms with Crippen molar-refractivity contribution in [2.24, 2.45) is 5.73 Å². The zero-order valence-electron chi connectivity index (χ0n) is 9.08. The number of nitrogens with two attached hydrogens (primary N) is 1. The molecule has 4 nitrogen and oxygen atoms in total. The average Bonchev–Trinajstić information content (AvgIpc) is 2.09. The normalized spacial score (nSPS) is 9.86. The molecule has 0 aromatic carbocycles. The quantitative estimate of drug-likeness (QED) is 0.621. The maximum Gasteiger partial charge on any atom is 0.219 e. The number of primary amides is 1. The molecule has 0 unspecified atom stereocenters. The summed E-state index contributed by atoms with van der Waals surface area (Å²) in [6, 6.07) is 0. The first-order chi connectivity index (χ1) is 6.57. The van der Waals surface area contributed by atoms with Crippen LogP contribution in [0.2, 0.25) is 0 Å². The summed E-state index contributed by atoms with van der Waals surface area (Å²) in [5, 5.41) is 0. The number of hydrogen-bond acceptors (Lipinski definition) is 2. The Kier molecular flexibility index (Phi) is 6.80. The highest BCUT2D eigenvalue weighted by molar-refractivity contribution is 5.74. The van der Waals surface area contributed by atoms with Crippen LogP contribution >= 0.6 is 0 Å². The maximum absolute atomic E-state index is 11.1. The van der Waals surface area contributed by atoms with Crippen molar-refractivity contribution >= 4 is 11.8 Å². The molecule has 0 radical (unpaired) electrons. The van der Waals surface area contributed by atoms with Crippen LogP contribution in [0.15, 0.2) is 0 Å². The third kappa shape index (κ3) is 6.46. The van der Waals surface area contributed by atoms with Gasteiger partial charge in [0.1, 0.15) is 0 Å². The second-order valence-corrected chi connectivity index (χ2v) is 3.43. The van der Waals surface area contributed by atoms with Crippen LogP contribution in [-0.4, -0.2) is 29.8 Å². The summed E-state index contributed by atoms with van der Waals surface area (Å²) in [5.74, 6) is -0.166. The van der Waals surface area contributed by atoms with E-state index >= 15 is 0 Å². The molecule has 0 spiro atoms. The Balaban J connectivity index is 3.61. The van der Waals surface area contributed by atoms with Gasteiger partial charge in [0.05, 0.1) is 0 Å². The first-order valence-electron chi connectivity index (χ1n) is 5.11. The van der Waals surface area contributed by atoms with Gasteiger partial charge in [0.25, 0.3) is 0 Å². The van der Waals surface area contributed by atoms with Gasteiger partial charge < -0.3 is 10.6 Å². The van der Waals surface area contributed by atoms with Crippen molar-refractivity contribution in [2.45, 2.75) is 39.5 Å². The molecule has 0 heterocycles. The van der Waals surface area contributed by atoms with Crippen molar-refractivity contribution in [2.75, 3.05) is 13.1 Å². The molecule has 0 atom stereocenters. The Morgan fingerprint density at radius 2 is 1.86 bits per heavy atom. The number of unbranched alkanes of at least 4 members (excludes halogenated alkanes) is 1. The highest BCUT2D eigenvalue weighted by Crippen LogP contribution is 2.00. The standard InChI is InChI=1S/C10H20N2O2/c1-3-7-12(9(2)13)8-5-4-6-10(11)14/h3-8H2,1-2H3,(H2,11,14). The minimum atomic E-state index is -0.269. The highest BCUT2D eigenvalue weighted by atomic mass is 16.2. The van der Waals surface area contributed by atoms with Crippen molar-refractivity contribution in [1.82, 2.24) is 4.90 Å². The van der Waals surface area contributed by atoms with Gasteiger partial charge in [0, 0.05) is 26.4 Å². The van der Waals surface area contributed by atoms with Gasteiger partial charge >= 0.3 is 0 Å². The van der Waals surface area contributed by atoms with E-state index in [0.717, 1.165) is 32.4 Å². The molecule has 82 valence electrons. The van der Waals surface area contributed by atoms with Crippen LogP contribution in [0, 0.1) is 0 Å². The maximum atomic E-state index is 11.1. The van der Waals surface area contributed by atoms with Gasteiger partial charge in [-0.2, -0.15) is 0 Å². The SMILES string of the molecule is CCCN(CCCCC(N)=O)C(C)=O. The summed E-state index contributed by atoms with van der Waals surface area (Å²) >= 11 is 0. The van der Waals surface area contributed by atoms with E-state index in [4.69, 9.17) is 5.73 Å². The lowest BCUT2D eigenvalue weighted by atomic mass is 10.2. The summed E-state index contributed by atoms with van der Waals surface area (Å²) in [6.07, 6.45) is 3.00. The molecule has 0 aromatic heterocycles. The second-order valence-electron chi connectivity index (χ2n) is 3.43. The molecular formula is C10H20N2O2. The van der Waals surface area contributed by atoms with E-state index < -0.39 is 0 Å². The fourth-order valence-electron chi connectivity index (χ4n) is 1.30. The number of carbonyl (C=O) groups excluding carboxylic acids is 2. The molecule has 14 heavy (non-hydrogen) atoms. The first kappa shape index (κ1) is 12.9. The fourth-order valence-corrected chi connectivity index (χ4v) is 1.30. The van der Waals surface area contributed by atoms with Crippen LogP contribution in [0.25, 0.3) is 0 Å². The number of amides is 2. The van der Waals surface area contributed by atoms with E-state index in [9.17, 15) is 9.59 Å². The van der Waals surface area contributed by atoms with Crippen LogP contribution in [0.1, 0.15) is 39.5 Å². The van der Waals surface area contributed by atoms with Crippen molar-refractivity contribution in [1.29, 1.82) is 0 Å². The molecule has 0 saturated carbocycles. The molecule has 0 aromatic rings. The Hall–Kier alpha value is -1.06. The summed E-state index contributed by atoms with van der Waals surface area (Å²) in [7, 11) is 0. The molecule has 2 N–H and O–H groups in total. The fraction of sp³-hybridized carbons (Fsp3) is 0.800. The lowest BCUT2D eigenvalue weighted by molar-refractivity contribution is -0.128. The van der Waals surface area contributed by atoms with Gasteiger partial charge in [0.15, 0.2) is 0 Å². The average molecular weight is 200 g/mol. The summed E-state index contributed by atoms with van der Waals surface area (Å²) in [6.45, 7) is 5.14. The number of rotatable bonds is 7. The molecule has 4 heteroatoms. The lowest BCUT2D eigenvalue weighted by Gasteiger charge is -2.19. The third-order valence-electron chi connectivity index (χ3n) is 2.04. The Bertz CT molecular complexity index is 193. The van der Waals surface area contributed by atoms with Crippen LogP contribution < -0.4 is 5.73 Å². The molecule has 0 bridgehead atoms. The van der Waals surface area contributed by atoms with Gasteiger partial charge in [-0.25, -0.2) is 0 Å². The van der Waals surface area contributed by atoms with Crippen LogP contribution in [0.3, 0.4) is 0 Å². The molecule has 0 fully saturated rings. The van der Waals surface area contributed by atoms with Crippen LogP contribution in [0.5, 0.6) is 0 Å². The van der Waals surface area contributed by atoms with Crippen molar-refractivity contribution < 1.29 is 9.59 Å². The number of nitrogens with zero attached hydrogens (tertiary/aromatic N) is 1. The van der Waals surface area contributed by atoms with Crippen LogP contribution in [0.4, 0.5) is 0 Å². The predicted octanol–water partition coefficient (Wildman–Crippen LogP) is 0.901.